The first-order valence-corrected chi connectivity index (χ1v) is 12.3. The van der Waals surface area contributed by atoms with E-state index in [-0.39, 0.29) is 24.2 Å². The molecule has 2 heterocycles. The van der Waals surface area contributed by atoms with Gasteiger partial charge in [0, 0.05) is 25.9 Å². The van der Waals surface area contributed by atoms with E-state index in [1.165, 1.54) is 5.56 Å². The molecule has 1 aromatic carbocycles. The number of esters is 1. The molecular weight excluding hydrogens is 434 g/mol. The summed E-state index contributed by atoms with van der Waals surface area (Å²) in [4.78, 5) is 31.5. The summed E-state index contributed by atoms with van der Waals surface area (Å²) in [5.74, 6) is 0.469. The standard InChI is InChI=1S/C27H39NO6/c1-9-32-26(30)33-24-23(25(29)34-27(24)10-12-28(31-8)13-11-27)22-20(17(4)5)14-19(16(2)3)15-21(22)18(6)7/h14-18H,9-13H2,1-8H3. The Balaban J connectivity index is 2.29. The number of carbonyl (C=O) groups is 2. The second-order valence-corrected chi connectivity index (χ2v) is 10.0. The van der Waals surface area contributed by atoms with Crippen molar-refractivity contribution in [1.29, 1.82) is 0 Å². The Labute approximate surface area is 203 Å². The SMILES string of the molecule is CCOC(=O)OC1=C(c2c(C(C)C)cc(C(C)C)cc2C(C)C)C(=O)OC12CCN(OC)CC2. The maximum Gasteiger partial charge on any atom is 0.513 e. The van der Waals surface area contributed by atoms with Gasteiger partial charge in [-0.25, -0.2) is 9.59 Å². The normalized spacial score (nSPS) is 18.4. The van der Waals surface area contributed by atoms with Crippen LogP contribution in [0.2, 0.25) is 0 Å². The van der Waals surface area contributed by atoms with Gasteiger partial charge in [0.15, 0.2) is 11.4 Å². The van der Waals surface area contributed by atoms with Crippen molar-refractivity contribution in [3.63, 3.8) is 0 Å². The van der Waals surface area contributed by atoms with Crippen molar-refractivity contribution in [2.75, 3.05) is 26.8 Å². The van der Waals surface area contributed by atoms with Crippen molar-refractivity contribution >= 4 is 17.7 Å². The molecule has 3 rings (SSSR count). The van der Waals surface area contributed by atoms with Crippen molar-refractivity contribution in [3.05, 3.63) is 40.1 Å². The van der Waals surface area contributed by atoms with E-state index in [1.807, 2.05) is 5.06 Å². The molecule has 0 atom stereocenters. The van der Waals surface area contributed by atoms with Crippen LogP contribution in [0.3, 0.4) is 0 Å². The Hall–Kier alpha value is -2.38. The van der Waals surface area contributed by atoms with E-state index in [1.54, 1.807) is 14.0 Å². The molecule has 188 valence electrons. The van der Waals surface area contributed by atoms with Crippen molar-refractivity contribution in [2.24, 2.45) is 0 Å². The molecule has 0 saturated carbocycles. The summed E-state index contributed by atoms with van der Waals surface area (Å²) in [5, 5.41) is 1.82. The number of benzene rings is 1. The van der Waals surface area contributed by atoms with Crippen LogP contribution < -0.4 is 0 Å². The quantitative estimate of drug-likeness (QED) is 0.457. The number of hydrogen-bond donors (Lipinski definition) is 0. The molecule has 1 saturated heterocycles. The minimum absolute atomic E-state index is 0.155. The highest BCUT2D eigenvalue weighted by molar-refractivity contribution is 6.21. The van der Waals surface area contributed by atoms with Gasteiger partial charge in [-0.05, 0) is 46.9 Å². The third-order valence-electron chi connectivity index (χ3n) is 6.75. The van der Waals surface area contributed by atoms with Gasteiger partial charge in [0.2, 0.25) is 0 Å². The fraction of sp³-hybridized carbons (Fsp3) is 0.630. The molecule has 34 heavy (non-hydrogen) atoms. The summed E-state index contributed by atoms with van der Waals surface area (Å²) < 4.78 is 17.0. The second kappa shape index (κ2) is 10.5. The van der Waals surface area contributed by atoms with E-state index >= 15 is 0 Å². The van der Waals surface area contributed by atoms with Crippen LogP contribution in [0.5, 0.6) is 0 Å². The molecule has 0 amide bonds. The Morgan fingerprint density at radius 1 is 1.03 bits per heavy atom. The van der Waals surface area contributed by atoms with E-state index in [2.05, 4.69) is 53.7 Å². The summed E-state index contributed by atoms with van der Waals surface area (Å²) in [7, 11) is 1.62. The molecule has 1 aromatic rings. The lowest BCUT2D eigenvalue weighted by Crippen LogP contribution is -2.46. The Bertz CT molecular complexity index is 925. The van der Waals surface area contributed by atoms with Gasteiger partial charge in [-0.3, -0.25) is 0 Å². The lowest BCUT2D eigenvalue weighted by atomic mass is 9.80. The number of hydrogen-bond acceptors (Lipinski definition) is 7. The third kappa shape index (κ3) is 5.01. The van der Waals surface area contributed by atoms with Gasteiger partial charge in [0.25, 0.3) is 0 Å². The first-order chi connectivity index (χ1) is 16.0. The highest BCUT2D eigenvalue weighted by Gasteiger charge is 2.53. The first-order valence-electron chi connectivity index (χ1n) is 12.3. The maximum absolute atomic E-state index is 13.6. The lowest BCUT2D eigenvalue weighted by Gasteiger charge is -2.37. The maximum atomic E-state index is 13.6. The molecule has 2 aliphatic rings. The van der Waals surface area contributed by atoms with Crippen LogP contribution in [0, 0.1) is 0 Å². The summed E-state index contributed by atoms with van der Waals surface area (Å²) in [6, 6.07) is 4.36. The summed E-state index contributed by atoms with van der Waals surface area (Å²) >= 11 is 0. The van der Waals surface area contributed by atoms with Crippen LogP contribution in [0.4, 0.5) is 4.79 Å². The Morgan fingerprint density at radius 2 is 1.59 bits per heavy atom. The van der Waals surface area contributed by atoms with Crippen molar-refractivity contribution in [1.82, 2.24) is 5.06 Å². The van der Waals surface area contributed by atoms with Crippen molar-refractivity contribution in [2.45, 2.75) is 84.7 Å². The van der Waals surface area contributed by atoms with Gasteiger partial charge in [-0.2, -0.15) is 5.06 Å². The van der Waals surface area contributed by atoms with Crippen molar-refractivity contribution < 1.29 is 28.6 Å². The average Bonchev–Trinajstić information content (AvgIpc) is 3.03. The monoisotopic (exact) mass is 473 g/mol. The number of rotatable bonds is 7. The molecule has 1 fully saturated rings. The minimum atomic E-state index is -1.02. The van der Waals surface area contributed by atoms with Crippen molar-refractivity contribution in [3.8, 4) is 0 Å². The van der Waals surface area contributed by atoms with Crippen LogP contribution in [-0.2, 0) is 23.8 Å². The van der Waals surface area contributed by atoms with Crippen LogP contribution in [0.25, 0.3) is 5.57 Å². The van der Waals surface area contributed by atoms with Crippen LogP contribution in [0.15, 0.2) is 17.9 Å². The van der Waals surface area contributed by atoms with Gasteiger partial charge in [0.1, 0.15) is 5.57 Å². The number of ether oxygens (including phenoxy) is 3. The van der Waals surface area contributed by atoms with Crippen LogP contribution in [-0.4, -0.2) is 49.6 Å². The van der Waals surface area contributed by atoms with E-state index in [9.17, 15) is 9.59 Å². The molecule has 7 nitrogen and oxygen atoms in total. The van der Waals surface area contributed by atoms with E-state index in [0.717, 1.165) is 16.7 Å². The van der Waals surface area contributed by atoms with E-state index in [0.29, 0.717) is 37.4 Å². The van der Waals surface area contributed by atoms with Gasteiger partial charge in [0.05, 0.1) is 13.7 Å². The minimum Gasteiger partial charge on any atom is -0.447 e. The zero-order valence-corrected chi connectivity index (χ0v) is 21.8. The smallest absolute Gasteiger partial charge is 0.447 e. The summed E-state index contributed by atoms with van der Waals surface area (Å²) in [5.41, 5.74) is 3.48. The largest absolute Gasteiger partial charge is 0.513 e. The average molecular weight is 474 g/mol. The Kier molecular flexibility index (Phi) is 8.09. The molecule has 0 radical (unpaired) electrons. The fourth-order valence-corrected chi connectivity index (χ4v) is 4.79. The molecule has 2 aliphatic heterocycles. The van der Waals surface area contributed by atoms with Gasteiger partial charge in [-0.1, -0.05) is 53.7 Å². The van der Waals surface area contributed by atoms with E-state index < -0.39 is 17.7 Å². The topological polar surface area (TPSA) is 74.3 Å². The Morgan fingerprint density at radius 3 is 2.03 bits per heavy atom. The van der Waals surface area contributed by atoms with Crippen LogP contribution >= 0.6 is 0 Å². The summed E-state index contributed by atoms with van der Waals surface area (Å²) in [6.45, 7) is 15.8. The first kappa shape index (κ1) is 26.2. The number of piperidine rings is 1. The molecule has 0 unspecified atom stereocenters. The fourth-order valence-electron chi connectivity index (χ4n) is 4.79. The van der Waals surface area contributed by atoms with Gasteiger partial charge < -0.3 is 19.0 Å². The molecule has 0 aliphatic carbocycles. The number of hydroxylamine groups is 2. The third-order valence-corrected chi connectivity index (χ3v) is 6.75. The molecule has 7 heteroatoms. The lowest BCUT2D eigenvalue weighted by molar-refractivity contribution is -0.183. The van der Waals surface area contributed by atoms with E-state index in [4.69, 9.17) is 19.0 Å². The molecule has 0 N–H and O–H groups in total. The predicted molar refractivity (Wildman–Crippen MR) is 130 cm³/mol. The highest BCUT2D eigenvalue weighted by atomic mass is 16.7. The van der Waals surface area contributed by atoms with Crippen LogP contribution in [0.1, 0.15) is 101 Å². The molecule has 0 aromatic heterocycles. The summed E-state index contributed by atoms with van der Waals surface area (Å²) in [6.07, 6.45) is 0.101. The molecular formula is C27H39NO6. The number of nitrogens with zero attached hydrogens (tertiary/aromatic N) is 1. The van der Waals surface area contributed by atoms with Gasteiger partial charge >= 0.3 is 12.1 Å². The number of carbonyl (C=O) groups excluding carboxylic acids is 2. The zero-order valence-electron chi connectivity index (χ0n) is 21.8. The predicted octanol–water partition coefficient (Wildman–Crippen LogP) is 5.89. The zero-order chi connectivity index (χ0) is 25.2. The molecule has 1 spiro atoms. The molecule has 0 bridgehead atoms. The second-order valence-electron chi connectivity index (χ2n) is 10.0. The van der Waals surface area contributed by atoms with Gasteiger partial charge in [-0.15, -0.1) is 0 Å². The highest BCUT2D eigenvalue weighted by Crippen LogP contribution is 2.48.